The molecular weight excluding hydrogens is 314 g/mol. The van der Waals surface area contributed by atoms with Crippen molar-refractivity contribution in [3.8, 4) is 0 Å². The molecule has 25 heavy (non-hydrogen) atoms. The molecule has 0 bridgehead atoms. The molecule has 0 aromatic carbocycles. The Labute approximate surface area is 151 Å². The van der Waals surface area contributed by atoms with Gasteiger partial charge in [0.15, 0.2) is 0 Å². The number of piperidine rings is 1. The maximum absolute atomic E-state index is 12.7. The fraction of sp³-hybridized carbons (Fsp3) is 0.737. The lowest BCUT2D eigenvalue weighted by atomic mass is 9.92. The third-order valence-corrected chi connectivity index (χ3v) is 5.47. The van der Waals surface area contributed by atoms with E-state index in [0.29, 0.717) is 11.8 Å². The Morgan fingerprint density at radius 1 is 1.12 bits per heavy atom. The maximum Gasteiger partial charge on any atom is 0.239 e. The molecule has 1 unspecified atom stereocenters. The van der Waals surface area contributed by atoms with Crippen LogP contribution in [0.1, 0.15) is 37.1 Å². The minimum absolute atomic E-state index is 0.117. The Bertz CT molecular complexity index is 566. The van der Waals surface area contributed by atoms with Gasteiger partial charge in [0.25, 0.3) is 0 Å². The van der Waals surface area contributed by atoms with Gasteiger partial charge in [-0.15, -0.1) is 0 Å². The van der Waals surface area contributed by atoms with Crippen molar-refractivity contribution < 1.29 is 4.79 Å². The van der Waals surface area contributed by atoms with Gasteiger partial charge < -0.3 is 9.80 Å². The first-order chi connectivity index (χ1) is 12.0. The summed E-state index contributed by atoms with van der Waals surface area (Å²) in [5.41, 5.74) is 2.08. The molecule has 0 radical (unpaired) electrons. The molecule has 2 fully saturated rings. The first kappa shape index (κ1) is 18.3. The highest BCUT2D eigenvalue weighted by atomic mass is 16.2. The van der Waals surface area contributed by atoms with Crippen LogP contribution in [0.3, 0.4) is 0 Å². The maximum atomic E-state index is 12.7. The SMILES string of the molecule is CN(C)Cc1cnc(CC2CCN(C(=O)C3CCCN3C)CC2)cn1. The van der Waals surface area contributed by atoms with Crippen LogP contribution < -0.4 is 0 Å². The van der Waals surface area contributed by atoms with E-state index in [2.05, 4.69) is 31.7 Å². The molecular formula is C19H31N5O. The fourth-order valence-corrected chi connectivity index (χ4v) is 3.98. The third kappa shape index (κ3) is 4.76. The third-order valence-electron chi connectivity index (χ3n) is 5.47. The molecule has 0 saturated carbocycles. The summed E-state index contributed by atoms with van der Waals surface area (Å²) in [5, 5.41) is 0. The summed E-state index contributed by atoms with van der Waals surface area (Å²) in [6.07, 6.45) is 9.09. The molecule has 1 atom stereocenters. The number of amides is 1. The number of nitrogens with zero attached hydrogens (tertiary/aromatic N) is 5. The number of carbonyl (C=O) groups is 1. The predicted molar refractivity (Wildman–Crippen MR) is 98.1 cm³/mol. The Morgan fingerprint density at radius 2 is 1.80 bits per heavy atom. The Kier molecular flexibility index (Phi) is 6.02. The van der Waals surface area contributed by atoms with Gasteiger partial charge in [0.2, 0.25) is 5.91 Å². The van der Waals surface area contributed by atoms with Gasteiger partial charge in [-0.3, -0.25) is 19.7 Å². The van der Waals surface area contributed by atoms with E-state index in [1.165, 1.54) is 0 Å². The lowest BCUT2D eigenvalue weighted by Crippen LogP contribution is -2.47. The first-order valence-corrected chi connectivity index (χ1v) is 9.46. The molecule has 138 valence electrons. The Morgan fingerprint density at radius 3 is 2.36 bits per heavy atom. The molecule has 6 nitrogen and oxygen atoms in total. The second-order valence-electron chi connectivity index (χ2n) is 7.85. The molecule has 6 heteroatoms. The summed E-state index contributed by atoms with van der Waals surface area (Å²) >= 11 is 0. The van der Waals surface area contributed by atoms with E-state index in [-0.39, 0.29) is 6.04 Å². The van der Waals surface area contributed by atoms with Gasteiger partial charge in [0.1, 0.15) is 0 Å². The second kappa shape index (κ2) is 8.23. The van der Waals surface area contributed by atoms with Gasteiger partial charge >= 0.3 is 0 Å². The van der Waals surface area contributed by atoms with Crippen molar-refractivity contribution in [1.82, 2.24) is 24.7 Å². The minimum Gasteiger partial charge on any atom is -0.341 e. The molecule has 1 amide bonds. The average molecular weight is 345 g/mol. The quantitative estimate of drug-likeness (QED) is 0.808. The topological polar surface area (TPSA) is 52.6 Å². The zero-order chi connectivity index (χ0) is 17.8. The van der Waals surface area contributed by atoms with Crippen molar-refractivity contribution >= 4 is 5.91 Å². The summed E-state index contributed by atoms with van der Waals surface area (Å²) < 4.78 is 0. The highest BCUT2D eigenvalue weighted by molar-refractivity contribution is 5.82. The van der Waals surface area contributed by atoms with E-state index < -0.39 is 0 Å². The smallest absolute Gasteiger partial charge is 0.239 e. The van der Waals surface area contributed by atoms with Crippen molar-refractivity contribution in [2.24, 2.45) is 5.92 Å². The molecule has 1 aromatic heterocycles. The van der Waals surface area contributed by atoms with Crippen molar-refractivity contribution in [1.29, 1.82) is 0 Å². The molecule has 2 aliphatic heterocycles. The monoisotopic (exact) mass is 345 g/mol. The van der Waals surface area contributed by atoms with Gasteiger partial charge in [-0.2, -0.15) is 0 Å². The van der Waals surface area contributed by atoms with E-state index in [4.69, 9.17) is 0 Å². The zero-order valence-corrected chi connectivity index (χ0v) is 15.8. The number of hydrogen-bond acceptors (Lipinski definition) is 5. The molecule has 3 rings (SSSR count). The van der Waals surface area contributed by atoms with Crippen LogP contribution in [-0.4, -0.2) is 77.4 Å². The van der Waals surface area contributed by atoms with Crippen LogP contribution in [0, 0.1) is 5.92 Å². The van der Waals surface area contributed by atoms with Crippen molar-refractivity contribution in [3.63, 3.8) is 0 Å². The number of likely N-dealkylation sites (tertiary alicyclic amines) is 2. The van der Waals surface area contributed by atoms with Gasteiger partial charge in [-0.05, 0) is 65.7 Å². The van der Waals surface area contributed by atoms with E-state index in [0.717, 1.165) is 69.7 Å². The van der Waals surface area contributed by atoms with Crippen molar-refractivity contribution in [2.45, 2.75) is 44.7 Å². The van der Waals surface area contributed by atoms with Crippen LogP contribution in [0.5, 0.6) is 0 Å². The standard InChI is InChI=1S/C19H31N5O/c1-22(2)14-17-13-20-16(12-21-17)11-15-6-9-24(10-7-15)19(25)18-5-4-8-23(18)3/h12-13,15,18H,4-11,14H2,1-3H3. The number of carbonyl (C=O) groups excluding carboxylic acids is 1. The molecule has 0 spiro atoms. The van der Waals surface area contributed by atoms with Crippen LogP contribution >= 0.6 is 0 Å². The van der Waals surface area contributed by atoms with Crippen LogP contribution in [0.2, 0.25) is 0 Å². The molecule has 0 aliphatic carbocycles. The molecule has 2 aliphatic rings. The average Bonchev–Trinajstić information content (AvgIpc) is 3.02. The van der Waals surface area contributed by atoms with E-state index in [1.54, 1.807) is 0 Å². The number of aromatic nitrogens is 2. The second-order valence-corrected chi connectivity index (χ2v) is 7.85. The van der Waals surface area contributed by atoms with Crippen LogP contribution in [0.15, 0.2) is 12.4 Å². The van der Waals surface area contributed by atoms with Crippen LogP contribution in [0.4, 0.5) is 0 Å². The highest BCUT2D eigenvalue weighted by Gasteiger charge is 2.33. The Hall–Kier alpha value is -1.53. The lowest BCUT2D eigenvalue weighted by molar-refractivity contribution is -0.137. The molecule has 0 N–H and O–H groups in total. The van der Waals surface area contributed by atoms with Crippen molar-refractivity contribution in [2.75, 3.05) is 40.8 Å². The molecule has 2 saturated heterocycles. The highest BCUT2D eigenvalue weighted by Crippen LogP contribution is 2.24. The van der Waals surface area contributed by atoms with Crippen LogP contribution in [-0.2, 0) is 17.8 Å². The fourth-order valence-electron chi connectivity index (χ4n) is 3.98. The van der Waals surface area contributed by atoms with E-state index in [9.17, 15) is 4.79 Å². The molecule has 1 aromatic rings. The first-order valence-electron chi connectivity index (χ1n) is 9.46. The number of rotatable bonds is 5. The summed E-state index contributed by atoms with van der Waals surface area (Å²) in [6.45, 7) is 3.65. The predicted octanol–water partition coefficient (Wildman–Crippen LogP) is 1.41. The van der Waals surface area contributed by atoms with Gasteiger partial charge in [-0.1, -0.05) is 0 Å². The summed E-state index contributed by atoms with van der Waals surface area (Å²) in [5.74, 6) is 0.950. The minimum atomic E-state index is 0.117. The molecule has 3 heterocycles. The zero-order valence-electron chi connectivity index (χ0n) is 15.8. The largest absolute Gasteiger partial charge is 0.341 e. The normalized spacial score (nSPS) is 22.7. The summed E-state index contributed by atoms with van der Waals surface area (Å²) in [6, 6.07) is 0.117. The summed E-state index contributed by atoms with van der Waals surface area (Å²) in [4.78, 5) is 28.1. The van der Waals surface area contributed by atoms with E-state index in [1.807, 2.05) is 26.5 Å². The van der Waals surface area contributed by atoms with Crippen LogP contribution in [0.25, 0.3) is 0 Å². The number of likely N-dealkylation sites (N-methyl/N-ethyl adjacent to an activating group) is 1. The summed E-state index contributed by atoms with van der Waals surface area (Å²) in [7, 11) is 6.14. The lowest BCUT2D eigenvalue weighted by Gasteiger charge is -2.34. The van der Waals surface area contributed by atoms with E-state index >= 15 is 0 Å². The van der Waals surface area contributed by atoms with Gasteiger partial charge in [0, 0.05) is 25.8 Å². The van der Waals surface area contributed by atoms with Gasteiger partial charge in [-0.25, -0.2) is 0 Å². The van der Waals surface area contributed by atoms with Crippen molar-refractivity contribution in [3.05, 3.63) is 23.8 Å². The Balaban J connectivity index is 1.47. The van der Waals surface area contributed by atoms with Gasteiger partial charge in [0.05, 0.1) is 23.6 Å². The number of hydrogen-bond donors (Lipinski definition) is 0.